The Morgan fingerprint density at radius 2 is 1.95 bits per heavy atom. The molecule has 1 saturated carbocycles. The van der Waals surface area contributed by atoms with E-state index in [2.05, 4.69) is 0 Å². The summed E-state index contributed by atoms with van der Waals surface area (Å²) in [5.74, 6) is -0.536. The first-order valence-electron chi connectivity index (χ1n) is 7.24. The Hall–Kier alpha value is -2.44. The van der Waals surface area contributed by atoms with Crippen LogP contribution in [0.2, 0.25) is 0 Å². The fourth-order valence-corrected chi connectivity index (χ4v) is 2.17. The van der Waals surface area contributed by atoms with E-state index >= 15 is 0 Å². The lowest BCUT2D eigenvalue weighted by Crippen LogP contribution is -2.35. The van der Waals surface area contributed by atoms with Gasteiger partial charge in [0.25, 0.3) is 11.6 Å². The van der Waals surface area contributed by atoms with E-state index in [-0.39, 0.29) is 30.0 Å². The molecule has 0 spiro atoms. The number of nitro groups is 1. The molecule has 1 aliphatic rings. The maximum atomic E-state index is 12.5. The lowest BCUT2D eigenvalue weighted by molar-refractivity contribution is -0.384. The van der Waals surface area contributed by atoms with Crippen molar-refractivity contribution >= 4 is 17.6 Å². The summed E-state index contributed by atoms with van der Waals surface area (Å²) in [5, 5.41) is 10.6. The Bertz CT molecular complexity index is 566. The first kappa shape index (κ1) is 15.9. The third kappa shape index (κ3) is 4.03. The Morgan fingerprint density at radius 1 is 1.32 bits per heavy atom. The van der Waals surface area contributed by atoms with Gasteiger partial charge < -0.3 is 9.64 Å². The molecule has 0 bridgehead atoms. The number of rotatable bonds is 7. The molecule has 0 N–H and O–H groups in total. The predicted molar refractivity (Wildman–Crippen MR) is 78.4 cm³/mol. The molecule has 0 unspecified atom stereocenters. The second kappa shape index (κ2) is 7.02. The van der Waals surface area contributed by atoms with Crippen LogP contribution in [0, 0.1) is 10.1 Å². The van der Waals surface area contributed by atoms with Crippen molar-refractivity contribution in [3.05, 3.63) is 39.9 Å². The SMILES string of the molecule is CCOC(=O)CCN(C(=O)c1ccc([N+](=O)[O-])cc1)C1CC1. The Kier molecular flexibility index (Phi) is 5.08. The van der Waals surface area contributed by atoms with Gasteiger partial charge in [-0.15, -0.1) is 0 Å². The molecular weight excluding hydrogens is 288 g/mol. The molecule has 0 aliphatic heterocycles. The molecule has 1 aromatic rings. The van der Waals surface area contributed by atoms with Crippen LogP contribution in [0.1, 0.15) is 36.5 Å². The maximum Gasteiger partial charge on any atom is 0.307 e. The first-order valence-corrected chi connectivity index (χ1v) is 7.24. The predicted octanol–water partition coefficient (Wildman–Crippen LogP) is 2.15. The molecule has 1 aliphatic carbocycles. The number of non-ortho nitro benzene ring substituents is 1. The van der Waals surface area contributed by atoms with Crippen molar-refractivity contribution in [1.82, 2.24) is 4.90 Å². The standard InChI is InChI=1S/C15H18N2O5/c1-2-22-14(18)9-10-16(12-7-8-12)15(19)11-3-5-13(6-4-11)17(20)21/h3-6,12H,2,7-10H2,1H3. The number of esters is 1. The second-order valence-electron chi connectivity index (χ2n) is 5.09. The molecule has 0 saturated heterocycles. The number of nitrogens with zero attached hydrogens (tertiary/aromatic N) is 2. The highest BCUT2D eigenvalue weighted by atomic mass is 16.6. The lowest BCUT2D eigenvalue weighted by atomic mass is 10.1. The summed E-state index contributed by atoms with van der Waals surface area (Å²) < 4.78 is 4.87. The highest BCUT2D eigenvalue weighted by Gasteiger charge is 2.33. The number of nitro benzene ring substituents is 1. The van der Waals surface area contributed by atoms with Crippen LogP contribution in [-0.4, -0.2) is 40.9 Å². The van der Waals surface area contributed by atoms with E-state index in [0.29, 0.717) is 18.7 Å². The lowest BCUT2D eigenvalue weighted by Gasteiger charge is -2.22. The first-order chi connectivity index (χ1) is 10.5. The second-order valence-corrected chi connectivity index (χ2v) is 5.09. The van der Waals surface area contributed by atoms with Gasteiger partial charge in [-0.25, -0.2) is 0 Å². The minimum atomic E-state index is -0.506. The third-order valence-electron chi connectivity index (χ3n) is 3.44. The summed E-state index contributed by atoms with van der Waals surface area (Å²) in [6.45, 7) is 2.36. The summed E-state index contributed by atoms with van der Waals surface area (Å²) in [6.07, 6.45) is 1.99. The molecule has 0 aromatic heterocycles. The number of carbonyl (C=O) groups is 2. The monoisotopic (exact) mass is 306 g/mol. The van der Waals surface area contributed by atoms with Crippen molar-refractivity contribution in [3.8, 4) is 0 Å². The van der Waals surface area contributed by atoms with Gasteiger partial charge in [0.2, 0.25) is 0 Å². The minimum absolute atomic E-state index is 0.0546. The highest BCUT2D eigenvalue weighted by Crippen LogP contribution is 2.28. The zero-order chi connectivity index (χ0) is 16.1. The Morgan fingerprint density at radius 3 is 2.45 bits per heavy atom. The van der Waals surface area contributed by atoms with Gasteiger partial charge in [0.1, 0.15) is 0 Å². The van der Waals surface area contributed by atoms with E-state index in [1.807, 2.05) is 0 Å². The number of hydrogen-bond donors (Lipinski definition) is 0. The smallest absolute Gasteiger partial charge is 0.307 e. The van der Waals surface area contributed by atoms with Crippen LogP contribution in [-0.2, 0) is 9.53 Å². The summed E-state index contributed by atoms with van der Waals surface area (Å²) in [4.78, 5) is 35.7. The Labute approximate surface area is 128 Å². The largest absolute Gasteiger partial charge is 0.466 e. The highest BCUT2D eigenvalue weighted by molar-refractivity contribution is 5.95. The molecule has 7 heteroatoms. The number of hydrogen-bond acceptors (Lipinski definition) is 5. The Balaban J connectivity index is 2.03. The van der Waals surface area contributed by atoms with Crippen LogP contribution in [0.3, 0.4) is 0 Å². The van der Waals surface area contributed by atoms with Crippen LogP contribution < -0.4 is 0 Å². The molecule has 1 aromatic carbocycles. The summed E-state index contributed by atoms with van der Waals surface area (Å²) in [6, 6.07) is 5.66. The van der Waals surface area contributed by atoms with Crippen molar-refractivity contribution < 1.29 is 19.2 Å². The van der Waals surface area contributed by atoms with Gasteiger partial charge in [-0.05, 0) is 31.9 Å². The van der Waals surface area contributed by atoms with Crippen molar-refractivity contribution in [1.29, 1.82) is 0 Å². The number of benzene rings is 1. The van der Waals surface area contributed by atoms with Gasteiger partial charge in [-0.1, -0.05) is 0 Å². The van der Waals surface area contributed by atoms with Gasteiger partial charge in [0.15, 0.2) is 0 Å². The fraction of sp³-hybridized carbons (Fsp3) is 0.467. The molecule has 0 radical (unpaired) electrons. The summed E-state index contributed by atoms with van der Waals surface area (Å²) in [7, 11) is 0. The summed E-state index contributed by atoms with van der Waals surface area (Å²) >= 11 is 0. The maximum absolute atomic E-state index is 12.5. The van der Waals surface area contributed by atoms with Gasteiger partial charge in [0.05, 0.1) is 18.0 Å². The number of carbonyl (C=O) groups excluding carboxylic acids is 2. The van der Waals surface area contributed by atoms with E-state index in [4.69, 9.17) is 4.74 Å². The number of ether oxygens (including phenoxy) is 1. The number of amides is 1. The fourth-order valence-electron chi connectivity index (χ4n) is 2.17. The molecule has 118 valence electrons. The van der Waals surface area contributed by atoms with E-state index in [0.717, 1.165) is 12.8 Å². The van der Waals surface area contributed by atoms with Crippen LogP contribution >= 0.6 is 0 Å². The van der Waals surface area contributed by atoms with Crippen LogP contribution in [0.25, 0.3) is 0 Å². The molecular formula is C15H18N2O5. The van der Waals surface area contributed by atoms with Gasteiger partial charge in [0, 0.05) is 30.3 Å². The van der Waals surface area contributed by atoms with E-state index in [1.165, 1.54) is 24.3 Å². The molecule has 0 atom stereocenters. The summed E-state index contributed by atoms with van der Waals surface area (Å²) in [5.41, 5.74) is 0.336. The minimum Gasteiger partial charge on any atom is -0.466 e. The van der Waals surface area contributed by atoms with E-state index in [9.17, 15) is 19.7 Å². The van der Waals surface area contributed by atoms with Crippen LogP contribution in [0.15, 0.2) is 24.3 Å². The van der Waals surface area contributed by atoms with Crippen molar-refractivity contribution in [2.75, 3.05) is 13.2 Å². The molecule has 7 nitrogen and oxygen atoms in total. The van der Waals surface area contributed by atoms with Crippen LogP contribution in [0.5, 0.6) is 0 Å². The molecule has 2 rings (SSSR count). The molecule has 0 heterocycles. The van der Waals surface area contributed by atoms with Gasteiger partial charge in [-0.3, -0.25) is 19.7 Å². The molecule has 22 heavy (non-hydrogen) atoms. The average molecular weight is 306 g/mol. The van der Waals surface area contributed by atoms with E-state index < -0.39 is 4.92 Å². The third-order valence-corrected chi connectivity index (χ3v) is 3.44. The van der Waals surface area contributed by atoms with Gasteiger partial charge in [-0.2, -0.15) is 0 Å². The van der Waals surface area contributed by atoms with Crippen molar-refractivity contribution in [2.24, 2.45) is 0 Å². The van der Waals surface area contributed by atoms with Crippen molar-refractivity contribution in [3.63, 3.8) is 0 Å². The van der Waals surface area contributed by atoms with Gasteiger partial charge >= 0.3 is 5.97 Å². The topological polar surface area (TPSA) is 89.8 Å². The zero-order valence-corrected chi connectivity index (χ0v) is 12.4. The quantitative estimate of drug-likeness (QED) is 0.437. The van der Waals surface area contributed by atoms with Crippen molar-refractivity contribution in [2.45, 2.75) is 32.2 Å². The average Bonchev–Trinajstić information content (AvgIpc) is 3.32. The van der Waals surface area contributed by atoms with E-state index in [1.54, 1.807) is 11.8 Å². The molecule has 1 amide bonds. The normalized spacial score (nSPS) is 13.5. The van der Waals surface area contributed by atoms with Crippen LogP contribution in [0.4, 0.5) is 5.69 Å². The molecule has 1 fully saturated rings. The zero-order valence-electron chi connectivity index (χ0n) is 12.4.